The number of carbonyl (C=O) groups excluding carboxylic acids is 2. The minimum atomic E-state index is -1.27. The highest BCUT2D eigenvalue weighted by molar-refractivity contribution is 6.16. The van der Waals surface area contributed by atoms with E-state index in [1.54, 1.807) is 24.3 Å². The van der Waals surface area contributed by atoms with Gasteiger partial charge in [0.1, 0.15) is 17.0 Å². The third-order valence-electron chi connectivity index (χ3n) is 6.70. The minimum absolute atomic E-state index is 0.0732. The van der Waals surface area contributed by atoms with Gasteiger partial charge in [0.2, 0.25) is 11.8 Å². The number of aromatic nitrogens is 1. The van der Waals surface area contributed by atoms with Crippen LogP contribution in [-0.4, -0.2) is 30.5 Å². The van der Waals surface area contributed by atoms with Crippen molar-refractivity contribution in [2.45, 2.75) is 19.3 Å². The maximum Gasteiger partial charge on any atom is 0.240 e. The second-order valence-electron chi connectivity index (χ2n) is 9.50. The first-order valence-corrected chi connectivity index (χ1v) is 12.9. The molecule has 0 saturated heterocycles. The lowest BCUT2D eigenvalue weighted by Crippen LogP contribution is -2.35. The van der Waals surface area contributed by atoms with Crippen molar-refractivity contribution in [3.63, 3.8) is 0 Å². The molecule has 2 amide bonds. The number of halogens is 2. The zero-order valence-corrected chi connectivity index (χ0v) is 22.2. The van der Waals surface area contributed by atoms with E-state index in [-0.39, 0.29) is 11.4 Å². The van der Waals surface area contributed by atoms with Crippen molar-refractivity contribution in [2.24, 2.45) is 5.41 Å². The molecule has 0 radical (unpaired) electrons. The van der Waals surface area contributed by atoms with E-state index in [0.717, 1.165) is 6.07 Å². The molecule has 10 heteroatoms. The van der Waals surface area contributed by atoms with Crippen LogP contribution in [0.5, 0.6) is 23.0 Å². The van der Waals surface area contributed by atoms with Gasteiger partial charge in [0.15, 0.2) is 23.1 Å². The largest absolute Gasteiger partial charge is 0.493 e. The van der Waals surface area contributed by atoms with Crippen molar-refractivity contribution in [3.8, 4) is 23.0 Å². The van der Waals surface area contributed by atoms with E-state index in [1.807, 2.05) is 0 Å². The van der Waals surface area contributed by atoms with Crippen molar-refractivity contribution in [1.29, 1.82) is 0 Å². The van der Waals surface area contributed by atoms with Crippen molar-refractivity contribution < 1.29 is 32.6 Å². The molecule has 0 bridgehead atoms. The number of nitrogens with one attached hydrogen (secondary N) is 2. The topological polar surface area (TPSA) is 98.8 Å². The number of fused-ring (bicyclic) bond motifs is 1. The molecular weight excluding hydrogens is 532 g/mol. The summed E-state index contributed by atoms with van der Waals surface area (Å²) in [5.74, 6) is -0.962. The van der Waals surface area contributed by atoms with E-state index in [2.05, 4.69) is 22.2 Å². The Balaban J connectivity index is 1.30. The van der Waals surface area contributed by atoms with Gasteiger partial charge in [-0.25, -0.2) is 8.78 Å². The first-order valence-electron chi connectivity index (χ1n) is 12.9. The number of carbonyl (C=O) groups is 2. The Labute approximate surface area is 234 Å². The van der Waals surface area contributed by atoms with Crippen molar-refractivity contribution >= 4 is 34.1 Å². The lowest BCUT2D eigenvalue weighted by Gasteiger charge is -2.16. The highest BCUT2D eigenvalue weighted by atomic mass is 19.1. The van der Waals surface area contributed by atoms with Crippen LogP contribution in [0.25, 0.3) is 10.9 Å². The Hall–Kier alpha value is -4.99. The minimum Gasteiger partial charge on any atom is -0.493 e. The summed E-state index contributed by atoms with van der Waals surface area (Å²) in [5.41, 5.74) is -0.164. The van der Waals surface area contributed by atoms with Gasteiger partial charge in [0, 0.05) is 35.1 Å². The van der Waals surface area contributed by atoms with E-state index in [0.29, 0.717) is 59.7 Å². The van der Waals surface area contributed by atoms with Crippen LogP contribution < -0.4 is 24.8 Å². The second-order valence-corrected chi connectivity index (χ2v) is 9.50. The molecule has 1 aliphatic carbocycles. The molecule has 1 heterocycles. The SMILES string of the molecule is C=CCCOc1cc2nccc(Oc3ccc(NC(=O)C4(C(=O)Nc5ccc(F)cc5)CC4)cc3F)c2cc1OC. The number of amides is 2. The molecule has 1 fully saturated rings. The van der Waals surface area contributed by atoms with Crippen LogP contribution in [0.1, 0.15) is 19.3 Å². The molecule has 0 spiro atoms. The molecule has 3 aromatic carbocycles. The van der Waals surface area contributed by atoms with Gasteiger partial charge >= 0.3 is 0 Å². The molecule has 0 unspecified atom stereocenters. The van der Waals surface area contributed by atoms with Crippen molar-refractivity contribution in [2.75, 3.05) is 24.4 Å². The third kappa shape index (κ3) is 5.96. The molecule has 41 heavy (non-hydrogen) atoms. The third-order valence-corrected chi connectivity index (χ3v) is 6.70. The Morgan fingerprint density at radius 2 is 1.63 bits per heavy atom. The van der Waals surface area contributed by atoms with Gasteiger partial charge in [-0.3, -0.25) is 14.6 Å². The Bertz CT molecular complexity index is 1620. The van der Waals surface area contributed by atoms with E-state index in [1.165, 1.54) is 49.7 Å². The predicted molar refractivity (Wildman–Crippen MR) is 150 cm³/mol. The van der Waals surface area contributed by atoms with Gasteiger partial charge in [-0.2, -0.15) is 0 Å². The van der Waals surface area contributed by atoms with E-state index in [9.17, 15) is 14.0 Å². The molecule has 1 aliphatic rings. The fraction of sp³-hybridized carbons (Fsp3) is 0.194. The van der Waals surface area contributed by atoms with Crippen LogP contribution in [0.4, 0.5) is 20.2 Å². The average molecular weight is 560 g/mol. The van der Waals surface area contributed by atoms with E-state index in [4.69, 9.17) is 14.2 Å². The molecular formula is C31H27F2N3O5. The van der Waals surface area contributed by atoms with Crippen LogP contribution >= 0.6 is 0 Å². The lowest BCUT2D eigenvalue weighted by molar-refractivity contribution is -0.131. The van der Waals surface area contributed by atoms with Crippen LogP contribution in [0.15, 0.2) is 79.5 Å². The zero-order valence-electron chi connectivity index (χ0n) is 22.2. The van der Waals surface area contributed by atoms with Crippen LogP contribution in [-0.2, 0) is 9.59 Å². The number of pyridine rings is 1. The molecule has 1 saturated carbocycles. The number of nitrogens with zero attached hydrogens (tertiary/aromatic N) is 1. The number of anilines is 2. The summed E-state index contributed by atoms with van der Waals surface area (Å²) in [5, 5.41) is 5.84. The molecule has 5 rings (SSSR count). The van der Waals surface area contributed by atoms with E-state index < -0.39 is 28.9 Å². The molecule has 8 nitrogen and oxygen atoms in total. The number of ether oxygens (including phenoxy) is 3. The first kappa shape index (κ1) is 27.6. The quantitative estimate of drug-likeness (QED) is 0.122. The average Bonchev–Trinajstić information content (AvgIpc) is 3.78. The summed E-state index contributed by atoms with van der Waals surface area (Å²) in [6, 6.07) is 14.3. The van der Waals surface area contributed by atoms with Gasteiger partial charge in [-0.05, 0) is 67.8 Å². The smallest absolute Gasteiger partial charge is 0.240 e. The Morgan fingerprint density at radius 1 is 0.927 bits per heavy atom. The zero-order chi connectivity index (χ0) is 29.0. The van der Waals surface area contributed by atoms with E-state index >= 15 is 4.39 Å². The van der Waals surface area contributed by atoms with Crippen LogP contribution in [0, 0.1) is 17.0 Å². The van der Waals surface area contributed by atoms with Crippen LogP contribution in [0.3, 0.4) is 0 Å². The summed E-state index contributed by atoms with van der Waals surface area (Å²) >= 11 is 0. The fourth-order valence-corrected chi connectivity index (χ4v) is 4.24. The van der Waals surface area contributed by atoms with Gasteiger partial charge in [-0.15, -0.1) is 6.58 Å². The van der Waals surface area contributed by atoms with Gasteiger partial charge in [0.25, 0.3) is 0 Å². The Morgan fingerprint density at radius 3 is 2.29 bits per heavy atom. The molecule has 1 aromatic heterocycles. The summed E-state index contributed by atoms with van der Waals surface area (Å²) in [6.45, 7) is 4.11. The number of methoxy groups -OCH3 is 1. The number of hydrogen-bond donors (Lipinski definition) is 2. The predicted octanol–water partition coefficient (Wildman–Crippen LogP) is 6.63. The standard InChI is InChI=1S/C31H27F2N3O5/c1-3-4-15-40-28-18-24-22(17-27(28)39-2)25(11-14-34-24)41-26-10-9-21(16-23(26)33)36-30(38)31(12-13-31)29(37)35-20-7-5-19(32)6-8-20/h3,5-11,14,16-18H,1,4,12-13,15H2,2H3,(H,35,37)(H,36,38). The lowest BCUT2D eigenvalue weighted by atomic mass is 10.0. The van der Waals surface area contributed by atoms with Gasteiger partial charge < -0.3 is 24.8 Å². The second kappa shape index (κ2) is 11.6. The molecule has 2 N–H and O–H groups in total. The summed E-state index contributed by atoms with van der Waals surface area (Å²) in [7, 11) is 1.52. The summed E-state index contributed by atoms with van der Waals surface area (Å²) in [4.78, 5) is 30.1. The number of benzene rings is 3. The van der Waals surface area contributed by atoms with Crippen LogP contribution in [0.2, 0.25) is 0 Å². The summed E-state index contributed by atoms with van der Waals surface area (Å²) in [6.07, 6.45) is 4.64. The number of rotatable bonds is 11. The van der Waals surface area contributed by atoms with Gasteiger partial charge in [0.05, 0.1) is 19.2 Å². The summed E-state index contributed by atoms with van der Waals surface area (Å²) < 4.78 is 45.4. The normalized spacial score (nSPS) is 13.2. The van der Waals surface area contributed by atoms with Crippen molar-refractivity contribution in [1.82, 2.24) is 4.98 Å². The Kier molecular flexibility index (Phi) is 7.82. The molecule has 0 atom stereocenters. The maximum absolute atomic E-state index is 15.1. The first-order chi connectivity index (χ1) is 19.8. The number of hydrogen-bond acceptors (Lipinski definition) is 6. The highest BCUT2D eigenvalue weighted by Crippen LogP contribution is 2.47. The molecule has 210 valence electrons. The van der Waals surface area contributed by atoms with Gasteiger partial charge in [-0.1, -0.05) is 6.08 Å². The molecule has 0 aliphatic heterocycles. The molecule has 4 aromatic rings. The maximum atomic E-state index is 15.1. The monoisotopic (exact) mass is 559 g/mol. The highest BCUT2D eigenvalue weighted by Gasteiger charge is 2.56. The fourth-order valence-electron chi connectivity index (χ4n) is 4.24. The van der Waals surface area contributed by atoms with Crippen molar-refractivity contribution in [3.05, 3.63) is 91.1 Å².